The zero-order chi connectivity index (χ0) is 20.8. The largest absolute Gasteiger partial charge is 0.495 e. The molecule has 1 aliphatic rings. The molecule has 0 radical (unpaired) electrons. The molecule has 1 saturated heterocycles. The lowest BCUT2D eigenvalue weighted by Gasteiger charge is -2.38. The molecule has 1 aliphatic heterocycles. The number of nitrogens with one attached hydrogen (secondary N) is 1. The van der Waals surface area contributed by atoms with Crippen LogP contribution in [0.25, 0.3) is 0 Å². The van der Waals surface area contributed by atoms with Crippen molar-refractivity contribution in [2.24, 2.45) is 12.0 Å². The fourth-order valence-corrected chi connectivity index (χ4v) is 3.78. The van der Waals surface area contributed by atoms with Gasteiger partial charge in [-0.3, -0.25) is 9.67 Å². The molecule has 0 amide bonds. The summed E-state index contributed by atoms with van der Waals surface area (Å²) in [5.74, 6) is 1.87. The summed E-state index contributed by atoms with van der Waals surface area (Å²) in [6.45, 7) is 4.47. The SMILES string of the molecule is CN=C(NCC(c1cnn(C)c1)N(C)C)N1CCN(c2ccccc2OC)CC1. The lowest BCUT2D eigenvalue weighted by Crippen LogP contribution is -2.53. The van der Waals surface area contributed by atoms with Gasteiger partial charge in [0, 0.05) is 58.6 Å². The number of piperazine rings is 1. The number of likely N-dealkylation sites (N-methyl/N-ethyl adjacent to an activating group) is 1. The lowest BCUT2D eigenvalue weighted by molar-refractivity contribution is 0.292. The summed E-state index contributed by atoms with van der Waals surface area (Å²) in [5.41, 5.74) is 2.35. The molecule has 0 spiro atoms. The van der Waals surface area contributed by atoms with E-state index < -0.39 is 0 Å². The molecule has 2 aromatic rings. The third-order valence-corrected chi connectivity index (χ3v) is 5.40. The monoisotopic (exact) mass is 399 g/mol. The molecule has 8 heteroatoms. The fraction of sp³-hybridized carbons (Fsp3) is 0.524. The summed E-state index contributed by atoms with van der Waals surface area (Å²) in [5, 5.41) is 7.87. The van der Waals surface area contributed by atoms with E-state index >= 15 is 0 Å². The second-order valence-electron chi connectivity index (χ2n) is 7.50. The van der Waals surface area contributed by atoms with Gasteiger partial charge >= 0.3 is 0 Å². The van der Waals surface area contributed by atoms with Crippen LogP contribution in [-0.2, 0) is 7.05 Å². The topological polar surface area (TPSA) is 61.2 Å². The molecule has 1 N–H and O–H groups in total. The summed E-state index contributed by atoms with van der Waals surface area (Å²) < 4.78 is 7.37. The highest BCUT2D eigenvalue weighted by Crippen LogP contribution is 2.28. The number of benzene rings is 1. The minimum Gasteiger partial charge on any atom is -0.495 e. The lowest BCUT2D eigenvalue weighted by atomic mass is 10.1. The van der Waals surface area contributed by atoms with Crippen LogP contribution >= 0.6 is 0 Å². The number of ether oxygens (including phenoxy) is 1. The number of aryl methyl sites for hydroxylation is 1. The predicted molar refractivity (Wildman–Crippen MR) is 118 cm³/mol. The average Bonchev–Trinajstić information content (AvgIpc) is 3.17. The Balaban J connectivity index is 1.59. The van der Waals surface area contributed by atoms with E-state index in [1.54, 1.807) is 7.11 Å². The molecule has 2 heterocycles. The molecular weight excluding hydrogens is 366 g/mol. The molecule has 1 unspecified atom stereocenters. The number of methoxy groups -OCH3 is 1. The second-order valence-corrected chi connectivity index (χ2v) is 7.50. The van der Waals surface area contributed by atoms with Crippen molar-refractivity contribution in [1.82, 2.24) is 24.9 Å². The van der Waals surface area contributed by atoms with Crippen LogP contribution in [0.2, 0.25) is 0 Å². The molecule has 29 heavy (non-hydrogen) atoms. The molecule has 0 aliphatic carbocycles. The molecule has 1 fully saturated rings. The van der Waals surface area contributed by atoms with E-state index in [2.05, 4.69) is 62.5 Å². The minimum atomic E-state index is 0.232. The van der Waals surface area contributed by atoms with Gasteiger partial charge in [-0.05, 0) is 26.2 Å². The number of hydrogen-bond donors (Lipinski definition) is 1. The van der Waals surface area contributed by atoms with Crippen LogP contribution in [0.4, 0.5) is 5.69 Å². The van der Waals surface area contributed by atoms with Crippen molar-refractivity contribution in [3.63, 3.8) is 0 Å². The Morgan fingerprint density at radius 2 is 1.97 bits per heavy atom. The maximum Gasteiger partial charge on any atom is 0.193 e. The third kappa shape index (κ3) is 5.00. The normalized spacial score (nSPS) is 16.3. The Hall–Kier alpha value is -2.74. The van der Waals surface area contributed by atoms with E-state index in [1.807, 2.05) is 37.1 Å². The number of para-hydroxylation sites is 2. The maximum atomic E-state index is 5.52. The van der Waals surface area contributed by atoms with Gasteiger partial charge in [0.1, 0.15) is 5.75 Å². The van der Waals surface area contributed by atoms with Gasteiger partial charge in [0.2, 0.25) is 0 Å². The summed E-state index contributed by atoms with van der Waals surface area (Å²) in [4.78, 5) is 11.4. The molecular formula is C21H33N7O. The van der Waals surface area contributed by atoms with Gasteiger partial charge in [0.05, 0.1) is 25.0 Å². The van der Waals surface area contributed by atoms with Crippen molar-refractivity contribution in [2.75, 3.05) is 65.9 Å². The van der Waals surface area contributed by atoms with Crippen LogP contribution in [0.15, 0.2) is 41.7 Å². The van der Waals surface area contributed by atoms with Crippen LogP contribution in [0.1, 0.15) is 11.6 Å². The molecule has 1 aromatic heterocycles. The van der Waals surface area contributed by atoms with Crippen LogP contribution in [-0.4, -0.2) is 86.5 Å². The van der Waals surface area contributed by atoms with E-state index in [4.69, 9.17) is 4.74 Å². The predicted octanol–water partition coefficient (Wildman–Crippen LogP) is 1.43. The zero-order valence-corrected chi connectivity index (χ0v) is 18.2. The van der Waals surface area contributed by atoms with Gasteiger partial charge < -0.3 is 24.8 Å². The molecule has 158 valence electrons. The van der Waals surface area contributed by atoms with Crippen molar-refractivity contribution in [3.05, 3.63) is 42.2 Å². The summed E-state index contributed by atoms with van der Waals surface area (Å²) >= 11 is 0. The first-order valence-electron chi connectivity index (χ1n) is 10.0. The molecule has 0 saturated carbocycles. The Morgan fingerprint density at radius 1 is 1.24 bits per heavy atom. The Labute approximate surface area is 173 Å². The van der Waals surface area contributed by atoms with Gasteiger partial charge in [0.15, 0.2) is 5.96 Å². The van der Waals surface area contributed by atoms with Gasteiger partial charge in [0.25, 0.3) is 0 Å². The number of aliphatic imine (C=N–C) groups is 1. The van der Waals surface area contributed by atoms with E-state index in [0.29, 0.717) is 0 Å². The Bertz CT molecular complexity index is 809. The first kappa shape index (κ1) is 21.0. The average molecular weight is 400 g/mol. The van der Waals surface area contributed by atoms with Gasteiger partial charge in [-0.25, -0.2) is 0 Å². The van der Waals surface area contributed by atoms with Crippen molar-refractivity contribution >= 4 is 11.6 Å². The standard InChI is InChI=1S/C21H33N7O/c1-22-21(23-15-19(25(2)3)17-14-24-26(4)16-17)28-12-10-27(11-13-28)18-8-6-7-9-20(18)29-5/h6-9,14,16,19H,10-13,15H2,1-5H3,(H,22,23). The van der Waals surface area contributed by atoms with E-state index in [0.717, 1.165) is 50.1 Å². The van der Waals surface area contributed by atoms with Crippen LogP contribution in [0, 0.1) is 0 Å². The second kappa shape index (κ2) is 9.65. The Kier molecular flexibility index (Phi) is 6.98. The van der Waals surface area contributed by atoms with Gasteiger partial charge in [-0.1, -0.05) is 12.1 Å². The Morgan fingerprint density at radius 3 is 2.55 bits per heavy atom. The third-order valence-electron chi connectivity index (χ3n) is 5.40. The van der Waals surface area contributed by atoms with Crippen molar-refractivity contribution < 1.29 is 4.74 Å². The molecule has 8 nitrogen and oxygen atoms in total. The summed E-state index contributed by atoms with van der Waals surface area (Å²) in [6, 6.07) is 8.44. The fourth-order valence-electron chi connectivity index (χ4n) is 3.78. The van der Waals surface area contributed by atoms with Crippen LogP contribution in [0.5, 0.6) is 5.75 Å². The van der Waals surface area contributed by atoms with Crippen LogP contribution in [0.3, 0.4) is 0 Å². The number of anilines is 1. The first-order chi connectivity index (χ1) is 14.0. The van der Waals surface area contributed by atoms with E-state index in [9.17, 15) is 0 Å². The quantitative estimate of drug-likeness (QED) is 0.586. The van der Waals surface area contributed by atoms with E-state index in [1.165, 1.54) is 5.56 Å². The molecule has 3 rings (SSSR count). The summed E-state index contributed by atoms with van der Waals surface area (Å²) in [6.07, 6.45) is 4.00. The number of hydrogen-bond acceptors (Lipinski definition) is 5. The smallest absolute Gasteiger partial charge is 0.193 e. The number of aromatic nitrogens is 2. The number of guanidine groups is 1. The van der Waals surface area contributed by atoms with Crippen molar-refractivity contribution in [1.29, 1.82) is 0 Å². The van der Waals surface area contributed by atoms with Gasteiger partial charge in [-0.2, -0.15) is 5.10 Å². The van der Waals surface area contributed by atoms with Gasteiger partial charge in [-0.15, -0.1) is 0 Å². The van der Waals surface area contributed by atoms with E-state index in [-0.39, 0.29) is 6.04 Å². The van der Waals surface area contributed by atoms with Crippen LogP contribution < -0.4 is 15.0 Å². The number of rotatable bonds is 6. The highest BCUT2D eigenvalue weighted by atomic mass is 16.5. The highest BCUT2D eigenvalue weighted by molar-refractivity contribution is 5.80. The summed E-state index contributed by atoms with van der Waals surface area (Å²) in [7, 11) is 9.71. The highest BCUT2D eigenvalue weighted by Gasteiger charge is 2.23. The zero-order valence-electron chi connectivity index (χ0n) is 18.2. The molecule has 0 bridgehead atoms. The molecule has 1 atom stereocenters. The minimum absolute atomic E-state index is 0.232. The van der Waals surface area contributed by atoms with Crippen molar-refractivity contribution in [3.8, 4) is 5.75 Å². The first-order valence-corrected chi connectivity index (χ1v) is 10.0. The maximum absolute atomic E-state index is 5.52. The van der Waals surface area contributed by atoms with Crippen molar-refractivity contribution in [2.45, 2.75) is 6.04 Å². The molecule has 1 aromatic carbocycles. The number of nitrogens with zero attached hydrogens (tertiary/aromatic N) is 6.